The number of benzene rings is 2. The van der Waals surface area contributed by atoms with Crippen LogP contribution in [0.1, 0.15) is 77.0 Å². The van der Waals surface area contributed by atoms with Gasteiger partial charge < -0.3 is 10.2 Å². The summed E-state index contributed by atoms with van der Waals surface area (Å²) in [7, 11) is 0. The van der Waals surface area contributed by atoms with E-state index in [-0.39, 0.29) is 17.2 Å². The monoisotopic (exact) mass is 436 g/mol. The summed E-state index contributed by atoms with van der Waals surface area (Å²) in [6, 6.07) is 18.0. The molecule has 32 heavy (non-hydrogen) atoms. The Kier molecular flexibility index (Phi) is 9.96. The fourth-order valence-corrected chi connectivity index (χ4v) is 3.77. The van der Waals surface area contributed by atoms with Gasteiger partial charge in [-0.3, -0.25) is 9.59 Å². The molecule has 0 aromatic heterocycles. The highest BCUT2D eigenvalue weighted by Crippen LogP contribution is 2.23. The van der Waals surface area contributed by atoms with E-state index >= 15 is 0 Å². The second-order valence-electron chi connectivity index (χ2n) is 9.52. The maximum atomic E-state index is 13.3. The number of hydrogen-bond donors (Lipinski definition) is 1. The first-order valence-corrected chi connectivity index (χ1v) is 12.0. The van der Waals surface area contributed by atoms with Crippen molar-refractivity contribution in [3.05, 3.63) is 71.3 Å². The third kappa shape index (κ3) is 7.81. The van der Waals surface area contributed by atoms with Gasteiger partial charge in [0, 0.05) is 19.5 Å². The Morgan fingerprint density at radius 3 is 2.16 bits per heavy atom. The lowest BCUT2D eigenvalue weighted by atomic mass is 9.86. The van der Waals surface area contributed by atoms with Crippen LogP contribution < -0.4 is 5.32 Å². The van der Waals surface area contributed by atoms with E-state index in [1.54, 1.807) is 4.90 Å². The molecule has 0 radical (unpaired) electrons. The van der Waals surface area contributed by atoms with Crippen LogP contribution in [0.4, 0.5) is 0 Å². The molecule has 174 valence electrons. The van der Waals surface area contributed by atoms with Crippen molar-refractivity contribution in [1.82, 2.24) is 10.2 Å². The molecule has 0 bridgehead atoms. The molecule has 0 spiro atoms. The summed E-state index contributed by atoms with van der Waals surface area (Å²) >= 11 is 0. The Balaban J connectivity index is 2.12. The summed E-state index contributed by atoms with van der Waals surface area (Å²) in [5.74, 6) is -0.0361. The maximum Gasteiger partial charge on any atom is 0.242 e. The molecule has 0 saturated heterocycles. The highest BCUT2D eigenvalue weighted by Gasteiger charge is 2.28. The predicted molar refractivity (Wildman–Crippen MR) is 132 cm³/mol. The third-order valence-corrected chi connectivity index (χ3v) is 5.86. The standard InChI is InChI=1S/C28H40N2O2/c1-6-8-20-29-27(32)25(7-2)30(21-23-12-10-9-11-13-23)26(31)19-16-22-14-17-24(18-15-22)28(3,4)5/h9-15,17-18,25H,6-8,16,19-21H2,1-5H3,(H,29,32)/t25-/m0/s1. The largest absolute Gasteiger partial charge is 0.354 e. The highest BCUT2D eigenvalue weighted by molar-refractivity contribution is 5.87. The van der Waals surface area contributed by atoms with Crippen LogP contribution in [0.15, 0.2) is 54.6 Å². The average Bonchev–Trinajstić information content (AvgIpc) is 2.78. The van der Waals surface area contributed by atoms with Crippen LogP contribution in [-0.4, -0.2) is 29.3 Å². The van der Waals surface area contributed by atoms with Gasteiger partial charge in [-0.25, -0.2) is 0 Å². The zero-order valence-electron chi connectivity index (χ0n) is 20.5. The number of rotatable bonds is 11. The lowest BCUT2D eigenvalue weighted by Crippen LogP contribution is -2.49. The van der Waals surface area contributed by atoms with Crippen LogP contribution in [0, 0.1) is 0 Å². The molecule has 0 fully saturated rings. The molecule has 4 heteroatoms. The number of carbonyl (C=O) groups excluding carboxylic acids is 2. The summed E-state index contributed by atoms with van der Waals surface area (Å²) in [5, 5.41) is 3.02. The second kappa shape index (κ2) is 12.4. The Hall–Kier alpha value is -2.62. The minimum Gasteiger partial charge on any atom is -0.354 e. The minimum absolute atomic E-state index is 0.0197. The van der Waals surface area contributed by atoms with Crippen molar-refractivity contribution < 1.29 is 9.59 Å². The molecule has 2 aromatic rings. The zero-order valence-corrected chi connectivity index (χ0v) is 20.5. The normalized spacial score (nSPS) is 12.3. The molecule has 2 rings (SSSR count). The van der Waals surface area contributed by atoms with Crippen molar-refractivity contribution in [1.29, 1.82) is 0 Å². The summed E-state index contributed by atoms with van der Waals surface area (Å²) < 4.78 is 0. The van der Waals surface area contributed by atoms with Crippen LogP contribution in [-0.2, 0) is 28.0 Å². The number of aryl methyl sites for hydroxylation is 1. The van der Waals surface area contributed by atoms with E-state index < -0.39 is 6.04 Å². The van der Waals surface area contributed by atoms with Gasteiger partial charge in [-0.15, -0.1) is 0 Å². The molecule has 0 unspecified atom stereocenters. The fourth-order valence-electron chi connectivity index (χ4n) is 3.77. The van der Waals surface area contributed by atoms with Gasteiger partial charge in [-0.05, 0) is 41.4 Å². The van der Waals surface area contributed by atoms with Crippen LogP contribution >= 0.6 is 0 Å². The van der Waals surface area contributed by atoms with Gasteiger partial charge >= 0.3 is 0 Å². The molecule has 1 atom stereocenters. The molecule has 0 heterocycles. The van der Waals surface area contributed by atoms with Crippen molar-refractivity contribution >= 4 is 11.8 Å². The second-order valence-corrected chi connectivity index (χ2v) is 9.52. The quantitative estimate of drug-likeness (QED) is 0.463. The topological polar surface area (TPSA) is 49.4 Å². The summed E-state index contributed by atoms with van der Waals surface area (Å²) in [4.78, 5) is 28.0. The summed E-state index contributed by atoms with van der Waals surface area (Å²) in [6.45, 7) is 11.8. The van der Waals surface area contributed by atoms with Gasteiger partial charge in [0.2, 0.25) is 11.8 Å². The van der Waals surface area contributed by atoms with Gasteiger partial charge in [0.25, 0.3) is 0 Å². The molecule has 1 N–H and O–H groups in total. The molecular weight excluding hydrogens is 396 g/mol. The highest BCUT2D eigenvalue weighted by atomic mass is 16.2. The van der Waals surface area contributed by atoms with Crippen LogP contribution in [0.5, 0.6) is 0 Å². The van der Waals surface area contributed by atoms with E-state index in [1.807, 2.05) is 37.3 Å². The number of nitrogens with zero attached hydrogens (tertiary/aromatic N) is 1. The van der Waals surface area contributed by atoms with E-state index in [0.29, 0.717) is 32.4 Å². The number of amides is 2. The number of unbranched alkanes of at least 4 members (excludes halogenated alkanes) is 1. The minimum atomic E-state index is -0.456. The lowest BCUT2D eigenvalue weighted by Gasteiger charge is -2.31. The number of nitrogens with one attached hydrogen (secondary N) is 1. The first-order valence-electron chi connectivity index (χ1n) is 12.0. The van der Waals surface area contributed by atoms with Crippen molar-refractivity contribution in [2.24, 2.45) is 0 Å². The predicted octanol–water partition coefficient (Wildman–Crippen LogP) is 5.64. The summed E-state index contributed by atoms with van der Waals surface area (Å²) in [6.07, 6.45) is 3.62. The molecule has 2 amide bonds. The Labute approximate surface area is 194 Å². The zero-order chi connectivity index (χ0) is 23.6. The van der Waals surface area contributed by atoms with Gasteiger partial charge in [-0.2, -0.15) is 0 Å². The molecule has 4 nitrogen and oxygen atoms in total. The molecule has 0 aliphatic carbocycles. The average molecular weight is 437 g/mol. The van der Waals surface area contributed by atoms with Crippen molar-refractivity contribution in [3.8, 4) is 0 Å². The summed E-state index contributed by atoms with van der Waals surface area (Å²) in [5.41, 5.74) is 3.58. The van der Waals surface area contributed by atoms with Crippen molar-refractivity contribution in [2.75, 3.05) is 6.54 Å². The first kappa shape index (κ1) is 25.6. The molecule has 0 aliphatic heterocycles. The van der Waals surface area contributed by atoms with E-state index in [1.165, 1.54) is 5.56 Å². The molecule has 0 aliphatic rings. The van der Waals surface area contributed by atoms with Crippen LogP contribution in [0.3, 0.4) is 0 Å². The van der Waals surface area contributed by atoms with Crippen LogP contribution in [0.25, 0.3) is 0 Å². The van der Waals surface area contributed by atoms with Gasteiger partial charge in [-0.1, -0.05) is 95.6 Å². The lowest BCUT2D eigenvalue weighted by molar-refractivity contribution is -0.141. The maximum absolute atomic E-state index is 13.3. The van der Waals surface area contributed by atoms with E-state index in [0.717, 1.165) is 24.0 Å². The first-order chi connectivity index (χ1) is 15.3. The van der Waals surface area contributed by atoms with Gasteiger partial charge in [0.15, 0.2) is 0 Å². The van der Waals surface area contributed by atoms with E-state index in [4.69, 9.17) is 0 Å². The van der Waals surface area contributed by atoms with Crippen LogP contribution in [0.2, 0.25) is 0 Å². The Bertz CT molecular complexity index is 838. The molecule has 0 saturated carbocycles. The van der Waals surface area contributed by atoms with Gasteiger partial charge in [0.05, 0.1) is 0 Å². The Morgan fingerprint density at radius 1 is 0.938 bits per heavy atom. The number of carbonyl (C=O) groups is 2. The van der Waals surface area contributed by atoms with Crippen molar-refractivity contribution in [3.63, 3.8) is 0 Å². The number of hydrogen-bond acceptors (Lipinski definition) is 2. The van der Waals surface area contributed by atoms with E-state index in [9.17, 15) is 9.59 Å². The SMILES string of the molecule is CCCCNC(=O)[C@H](CC)N(Cc1ccccc1)C(=O)CCc1ccc(C(C)(C)C)cc1. The molecular formula is C28H40N2O2. The smallest absolute Gasteiger partial charge is 0.242 e. The third-order valence-electron chi connectivity index (χ3n) is 5.86. The van der Waals surface area contributed by atoms with Crippen molar-refractivity contribution in [2.45, 2.75) is 84.7 Å². The Morgan fingerprint density at radius 2 is 1.59 bits per heavy atom. The van der Waals surface area contributed by atoms with Gasteiger partial charge in [0.1, 0.15) is 6.04 Å². The molecule has 2 aromatic carbocycles. The fraction of sp³-hybridized carbons (Fsp3) is 0.500. The van der Waals surface area contributed by atoms with E-state index in [2.05, 4.69) is 57.3 Å².